The molecule has 2 aromatic rings. The number of nitrogens with zero attached hydrogens (tertiary/aromatic N) is 2. The first kappa shape index (κ1) is 14.7. The van der Waals surface area contributed by atoms with Crippen LogP contribution in [0.4, 0.5) is 5.69 Å². The molecule has 2 heterocycles. The van der Waals surface area contributed by atoms with Crippen molar-refractivity contribution in [2.75, 3.05) is 25.4 Å². The number of aliphatic hydroxyl groups excluding tert-OH is 1. The molecule has 6 heteroatoms. The average Bonchev–Trinajstić information content (AvgIpc) is 2.76. The Morgan fingerprint density at radius 1 is 1.50 bits per heavy atom. The van der Waals surface area contributed by atoms with Crippen LogP contribution < -0.4 is 5.73 Å². The van der Waals surface area contributed by atoms with Gasteiger partial charge in [0.15, 0.2) is 0 Å². The fourth-order valence-corrected chi connectivity index (χ4v) is 3.16. The minimum absolute atomic E-state index is 0.0758. The van der Waals surface area contributed by atoms with Gasteiger partial charge in [0.05, 0.1) is 5.69 Å². The van der Waals surface area contributed by atoms with Gasteiger partial charge in [0.1, 0.15) is 9.71 Å². The third-order valence-corrected chi connectivity index (χ3v) is 4.29. The van der Waals surface area contributed by atoms with Gasteiger partial charge in [0.2, 0.25) is 0 Å². The molecule has 108 valence electrons. The molecule has 0 radical (unpaired) electrons. The first-order chi connectivity index (χ1) is 9.58. The molecule has 0 atom stereocenters. The first-order valence-electron chi connectivity index (χ1n) is 6.64. The maximum absolute atomic E-state index is 12.5. The Morgan fingerprint density at radius 3 is 2.90 bits per heavy atom. The van der Waals surface area contributed by atoms with E-state index in [9.17, 15) is 4.79 Å². The standard InChI is InChI=1S/C14H19N3O2S/c1-3-17(7-4-8-18)14(19)12-11(15)10-6-5-9(2)16-13(10)20-12/h5-6,18H,3-4,7-8,15H2,1-2H3. The minimum atomic E-state index is -0.0842. The van der Waals surface area contributed by atoms with Crippen LogP contribution in [0.1, 0.15) is 28.7 Å². The second kappa shape index (κ2) is 6.19. The van der Waals surface area contributed by atoms with Crippen molar-refractivity contribution in [1.29, 1.82) is 0 Å². The van der Waals surface area contributed by atoms with Gasteiger partial charge in [0.25, 0.3) is 5.91 Å². The van der Waals surface area contributed by atoms with Crippen molar-refractivity contribution in [3.8, 4) is 0 Å². The summed E-state index contributed by atoms with van der Waals surface area (Å²) in [6.07, 6.45) is 0.571. The molecule has 1 amide bonds. The fourth-order valence-electron chi connectivity index (χ4n) is 2.06. The number of rotatable bonds is 5. The number of hydrogen-bond donors (Lipinski definition) is 2. The summed E-state index contributed by atoms with van der Waals surface area (Å²) in [6, 6.07) is 3.80. The van der Waals surface area contributed by atoms with Crippen LogP contribution in [-0.2, 0) is 0 Å². The van der Waals surface area contributed by atoms with Gasteiger partial charge in [-0.3, -0.25) is 4.79 Å². The third kappa shape index (κ3) is 2.76. The number of nitrogens with two attached hydrogens (primary N) is 1. The SMILES string of the molecule is CCN(CCCO)C(=O)c1sc2nc(C)ccc2c1N. The largest absolute Gasteiger partial charge is 0.397 e. The molecular weight excluding hydrogens is 274 g/mol. The number of nitrogen functional groups attached to an aromatic ring is 1. The molecule has 0 saturated heterocycles. The summed E-state index contributed by atoms with van der Waals surface area (Å²) in [5.74, 6) is -0.0842. The van der Waals surface area contributed by atoms with Crippen LogP contribution in [0.3, 0.4) is 0 Å². The molecule has 0 saturated carbocycles. The number of aliphatic hydroxyl groups is 1. The Balaban J connectivity index is 2.36. The van der Waals surface area contributed by atoms with Crippen LogP contribution >= 0.6 is 11.3 Å². The van der Waals surface area contributed by atoms with E-state index in [1.54, 1.807) is 4.90 Å². The molecule has 20 heavy (non-hydrogen) atoms. The normalized spacial score (nSPS) is 10.9. The number of hydrogen-bond acceptors (Lipinski definition) is 5. The van der Waals surface area contributed by atoms with E-state index < -0.39 is 0 Å². The number of carbonyl (C=O) groups is 1. The highest BCUT2D eigenvalue weighted by Gasteiger charge is 2.21. The maximum Gasteiger partial charge on any atom is 0.266 e. The van der Waals surface area contributed by atoms with E-state index in [1.165, 1.54) is 11.3 Å². The Bertz CT molecular complexity index is 624. The summed E-state index contributed by atoms with van der Waals surface area (Å²) in [7, 11) is 0. The Morgan fingerprint density at radius 2 is 2.25 bits per heavy atom. The number of thiophene rings is 1. The minimum Gasteiger partial charge on any atom is -0.397 e. The highest BCUT2D eigenvalue weighted by molar-refractivity contribution is 7.21. The summed E-state index contributed by atoms with van der Waals surface area (Å²) in [4.78, 5) is 20.0. The Labute approximate surface area is 122 Å². The molecule has 0 aromatic carbocycles. The van der Waals surface area contributed by atoms with E-state index in [4.69, 9.17) is 10.8 Å². The van der Waals surface area contributed by atoms with Crippen molar-refractivity contribution >= 4 is 33.1 Å². The second-order valence-corrected chi connectivity index (χ2v) is 5.61. The van der Waals surface area contributed by atoms with Crippen LogP contribution in [-0.4, -0.2) is 40.6 Å². The van der Waals surface area contributed by atoms with Crippen LogP contribution in [0, 0.1) is 6.92 Å². The molecule has 0 fully saturated rings. The van der Waals surface area contributed by atoms with Crippen molar-refractivity contribution in [3.05, 3.63) is 22.7 Å². The predicted molar refractivity (Wildman–Crippen MR) is 82.0 cm³/mol. The second-order valence-electron chi connectivity index (χ2n) is 4.61. The zero-order valence-corrected chi connectivity index (χ0v) is 12.5. The third-order valence-electron chi connectivity index (χ3n) is 3.18. The molecule has 2 rings (SSSR count). The first-order valence-corrected chi connectivity index (χ1v) is 7.45. The van der Waals surface area contributed by atoms with Gasteiger partial charge in [0, 0.05) is 30.8 Å². The number of anilines is 1. The highest BCUT2D eigenvalue weighted by atomic mass is 32.1. The van der Waals surface area contributed by atoms with Gasteiger partial charge in [-0.15, -0.1) is 11.3 Å². The van der Waals surface area contributed by atoms with Crippen molar-refractivity contribution in [2.24, 2.45) is 0 Å². The number of amides is 1. The highest BCUT2D eigenvalue weighted by Crippen LogP contribution is 2.33. The number of aromatic nitrogens is 1. The van der Waals surface area contributed by atoms with E-state index in [0.29, 0.717) is 30.1 Å². The van der Waals surface area contributed by atoms with Crippen molar-refractivity contribution in [2.45, 2.75) is 20.3 Å². The topological polar surface area (TPSA) is 79.5 Å². The summed E-state index contributed by atoms with van der Waals surface area (Å²) < 4.78 is 0. The smallest absolute Gasteiger partial charge is 0.266 e. The number of aryl methyl sites for hydroxylation is 1. The lowest BCUT2D eigenvalue weighted by Crippen LogP contribution is -2.32. The Hall–Kier alpha value is -1.66. The number of carbonyl (C=O) groups excluding carboxylic acids is 1. The number of fused-ring (bicyclic) bond motifs is 1. The van der Waals surface area contributed by atoms with E-state index >= 15 is 0 Å². The molecule has 0 bridgehead atoms. The molecule has 3 N–H and O–H groups in total. The fraction of sp³-hybridized carbons (Fsp3) is 0.429. The number of pyridine rings is 1. The molecule has 5 nitrogen and oxygen atoms in total. The van der Waals surface area contributed by atoms with E-state index in [2.05, 4.69) is 4.98 Å². The lowest BCUT2D eigenvalue weighted by atomic mass is 10.2. The zero-order valence-electron chi connectivity index (χ0n) is 11.7. The summed E-state index contributed by atoms with van der Waals surface area (Å²) >= 11 is 1.33. The maximum atomic E-state index is 12.5. The molecule has 0 aliphatic heterocycles. The quantitative estimate of drug-likeness (QED) is 0.884. The van der Waals surface area contributed by atoms with Gasteiger partial charge >= 0.3 is 0 Å². The van der Waals surface area contributed by atoms with Gasteiger partial charge in [-0.1, -0.05) is 0 Å². The Kier molecular flexibility index (Phi) is 4.57. The molecule has 0 aliphatic carbocycles. The van der Waals surface area contributed by atoms with Crippen molar-refractivity contribution in [3.63, 3.8) is 0 Å². The van der Waals surface area contributed by atoms with Crippen LogP contribution in [0.5, 0.6) is 0 Å². The van der Waals surface area contributed by atoms with E-state index in [1.807, 2.05) is 26.0 Å². The summed E-state index contributed by atoms with van der Waals surface area (Å²) in [5.41, 5.74) is 7.50. The zero-order chi connectivity index (χ0) is 14.7. The van der Waals surface area contributed by atoms with Crippen molar-refractivity contribution < 1.29 is 9.90 Å². The molecule has 0 aliphatic rings. The molecule has 0 spiro atoms. The molecule has 2 aromatic heterocycles. The van der Waals surface area contributed by atoms with Gasteiger partial charge in [-0.2, -0.15) is 0 Å². The monoisotopic (exact) mass is 293 g/mol. The lowest BCUT2D eigenvalue weighted by molar-refractivity contribution is 0.0760. The van der Waals surface area contributed by atoms with Crippen LogP contribution in [0.15, 0.2) is 12.1 Å². The van der Waals surface area contributed by atoms with E-state index in [0.717, 1.165) is 15.9 Å². The van der Waals surface area contributed by atoms with Gasteiger partial charge < -0.3 is 15.7 Å². The molecule has 0 unspecified atom stereocenters. The predicted octanol–water partition coefficient (Wildman–Crippen LogP) is 2.03. The summed E-state index contributed by atoms with van der Waals surface area (Å²) in [5, 5.41) is 9.73. The van der Waals surface area contributed by atoms with Crippen LogP contribution in [0.2, 0.25) is 0 Å². The van der Waals surface area contributed by atoms with Crippen molar-refractivity contribution in [1.82, 2.24) is 9.88 Å². The van der Waals surface area contributed by atoms with Crippen LogP contribution in [0.25, 0.3) is 10.2 Å². The van der Waals surface area contributed by atoms with Gasteiger partial charge in [-0.05, 0) is 32.4 Å². The lowest BCUT2D eigenvalue weighted by Gasteiger charge is -2.19. The molecular formula is C14H19N3O2S. The van der Waals surface area contributed by atoms with E-state index in [-0.39, 0.29) is 12.5 Å². The average molecular weight is 293 g/mol. The van der Waals surface area contributed by atoms with Gasteiger partial charge in [-0.25, -0.2) is 4.98 Å². The summed E-state index contributed by atoms with van der Waals surface area (Å²) in [6.45, 7) is 5.04.